The first kappa shape index (κ1) is 22.3. The summed E-state index contributed by atoms with van der Waals surface area (Å²) in [6.45, 7) is 3.95. The number of pyridine rings is 1. The number of carbonyl (C=O) groups is 1. The highest BCUT2D eigenvalue weighted by Crippen LogP contribution is 2.62. The molecule has 1 aliphatic heterocycles. The van der Waals surface area contributed by atoms with E-state index in [9.17, 15) is 9.59 Å². The van der Waals surface area contributed by atoms with Gasteiger partial charge in [-0.15, -0.1) is 0 Å². The number of likely N-dealkylation sites (tertiary alicyclic amines) is 1. The Morgan fingerprint density at radius 3 is 2.61 bits per heavy atom. The van der Waals surface area contributed by atoms with Gasteiger partial charge < -0.3 is 19.9 Å². The van der Waals surface area contributed by atoms with Gasteiger partial charge in [-0.25, -0.2) is 4.98 Å². The van der Waals surface area contributed by atoms with Crippen LogP contribution in [-0.4, -0.2) is 83.7 Å². The quantitative estimate of drug-likeness (QED) is 0.609. The summed E-state index contributed by atoms with van der Waals surface area (Å²) in [5, 5.41) is 4.24. The molecule has 1 saturated heterocycles. The van der Waals surface area contributed by atoms with Gasteiger partial charge in [0.25, 0.3) is 11.5 Å². The summed E-state index contributed by atoms with van der Waals surface area (Å²) >= 11 is 0. The fourth-order valence-electron chi connectivity index (χ4n) is 5.62. The molecule has 2 aromatic rings. The zero-order chi connectivity index (χ0) is 23.2. The molecule has 1 amide bonds. The molecule has 178 valence electrons. The lowest BCUT2D eigenvalue weighted by Gasteiger charge is -2.62. The number of carbonyl (C=O) groups excluding carboxylic acids is 1. The Balaban J connectivity index is 1.39. The number of methoxy groups -OCH3 is 1. The van der Waals surface area contributed by atoms with Gasteiger partial charge in [0, 0.05) is 65.1 Å². The van der Waals surface area contributed by atoms with Crippen LogP contribution >= 0.6 is 0 Å². The molecule has 33 heavy (non-hydrogen) atoms. The monoisotopic (exact) mass is 454 g/mol. The van der Waals surface area contributed by atoms with Crippen LogP contribution in [0.2, 0.25) is 0 Å². The van der Waals surface area contributed by atoms with E-state index in [0.29, 0.717) is 23.6 Å². The highest BCUT2D eigenvalue weighted by Gasteiger charge is 2.59. The van der Waals surface area contributed by atoms with E-state index in [1.807, 2.05) is 4.57 Å². The highest BCUT2D eigenvalue weighted by atomic mass is 16.5. The molecule has 9 heteroatoms. The van der Waals surface area contributed by atoms with Crippen molar-refractivity contribution in [2.45, 2.75) is 50.1 Å². The van der Waals surface area contributed by atoms with Gasteiger partial charge in [0.05, 0.1) is 5.54 Å². The van der Waals surface area contributed by atoms with Gasteiger partial charge in [0.1, 0.15) is 11.2 Å². The number of piperidine rings is 1. The van der Waals surface area contributed by atoms with Gasteiger partial charge in [-0.2, -0.15) is 4.98 Å². The summed E-state index contributed by atoms with van der Waals surface area (Å²) in [4.78, 5) is 39.4. The highest BCUT2D eigenvalue weighted by molar-refractivity contribution is 5.96. The second-order valence-electron chi connectivity index (χ2n) is 10.2. The minimum Gasteiger partial charge on any atom is -0.385 e. The van der Waals surface area contributed by atoms with Crippen molar-refractivity contribution in [3.05, 3.63) is 28.2 Å². The van der Waals surface area contributed by atoms with Gasteiger partial charge in [0.2, 0.25) is 5.95 Å². The summed E-state index contributed by atoms with van der Waals surface area (Å²) in [5.74, 6) is 0.988. The van der Waals surface area contributed by atoms with Crippen LogP contribution in [0.25, 0.3) is 11.0 Å². The molecule has 4 fully saturated rings. The summed E-state index contributed by atoms with van der Waals surface area (Å²) in [5.41, 5.74) is 0.431. The average molecular weight is 455 g/mol. The van der Waals surface area contributed by atoms with Gasteiger partial charge in [-0.05, 0) is 50.5 Å². The van der Waals surface area contributed by atoms with Crippen molar-refractivity contribution >= 4 is 22.9 Å². The zero-order valence-electron chi connectivity index (χ0n) is 19.8. The van der Waals surface area contributed by atoms with Gasteiger partial charge in [-0.3, -0.25) is 14.2 Å². The number of ether oxygens (including phenoxy) is 1. The molecular formula is C24H34N6O3. The molecular weight excluding hydrogens is 420 g/mol. The second kappa shape index (κ2) is 8.68. The number of fused-ring (bicyclic) bond motifs is 1. The molecule has 0 unspecified atom stereocenters. The molecule has 0 atom stereocenters. The van der Waals surface area contributed by atoms with Crippen molar-refractivity contribution in [2.75, 3.05) is 52.8 Å². The number of rotatable bonds is 8. The summed E-state index contributed by atoms with van der Waals surface area (Å²) < 4.78 is 6.97. The lowest BCUT2D eigenvalue weighted by molar-refractivity contribution is -0.0884. The maximum absolute atomic E-state index is 13.5. The van der Waals surface area contributed by atoms with E-state index >= 15 is 0 Å². The van der Waals surface area contributed by atoms with Crippen molar-refractivity contribution in [1.82, 2.24) is 24.3 Å². The van der Waals surface area contributed by atoms with Gasteiger partial charge in [0.15, 0.2) is 0 Å². The van der Waals surface area contributed by atoms with Gasteiger partial charge >= 0.3 is 0 Å². The number of amides is 1. The molecule has 3 heterocycles. The molecule has 4 aliphatic rings. The third-order valence-corrected chi connectivity index (χ3v) is 7.60. The number of hydrogen-bond donors (Lipinski definition) is 1. The molecule has 9 nitrogen and oxygen atoms in total. The lowest BCUT2D eigenvalue weighted by atomic mass is 9.49. The predicted molar refractivity (Wildman–Crippen MR) is 127 cm³/mol. The van der Waals surface area contributed by atoms with Crippen molar-refractivity contribution in [2.24, 2.45) is 5.92 Å². The third kappa shape index (κ3) is 4.01. The maximum Gasteiger partial charge on any atom is 0.265 e. The van der Waals surface area contributed by atoms with Crippen LogP contribution in [-0.2, 0) is 10.3 Å². The van der Waals surface area contributed by atoms with Crippen molar-refractivity contribution in [3.8, 4) is 0 Å². The number of nitrogens with one attached hydrogen (secondary N) is 1. The van der Waals surface area contributed by atoms with Crippen LogP contribution in [0.1, 0.15) is 48.9 Å². The largest absolute Gasteiger partial charge is 0.385 e. The number of aromatic nitrogens is 3. The summed E-state index contributed by atoms with van der Waals surface area (Å²) in [6, 6.07) is 1.97. The SMILES string of the molecule is COCCCN1CCC(Nc2ncc3cc(C(=O)N(C)C)c(=O)n(C45CC(C4)C5)c3n2)CC1. The molecule has 0 spiro atoms. The fraction of sp³-hybridized carbons (Fsp3) is 0.667. The zero-order valence-corrected chi connectivity index (χ0v) is 19.8. The van der Waals surface area contributed by atoms with E-state index in [1.54, 1.807) is 33.5 Å². The first-order chi connectivity index (χ1) is 15.9. The topological polar surface area (TPSA) is 92.6 Å². The van der Waals surface area contributed by atoms with E-state index in [4.69, 9.17) is 9.72 Å². The molecule has 0 aromatic carbocycles. The fourth-order valence-corrected chi connectivity index (χ4v) is 5.62. The molecule has 6 rings (SSSR count). The predicted octanol–water partition coefficient (Wildman–Crippen LogP) is 1.92. The third-order valence-electron chi connectivity index (χ3n) is 7.60. The first-order valence-corrected chi connectivity index (χ1v) is 12.0. The smallest absolute Gasteiger partial charge is 0.265 e. The summed E-state index contributed by atoms with van der Waals surface area (Å²) in [6.07, 6.45) is 7.85. The normalized spacial score (nSPS) is 24.9. The Bertz CT molecular complexity index is 1090. The van der Waals surface area contributed by atoms with Crippen molar-refractivity contribution in [1.29, 1.82) is 0 Å². The van der Waals surface area contributed by atoms with Crippen molar-refractivity contribution < 1.29 is 9.53 Å². The van der Waals surface area contributed by atoms with Crippen LogP contribution in [0.3, 0.4) is 0 Å². The van der Waals surface area contributed by atoms with E-state index in [1.165, 1.54) is 4.90 Å². The first-order valence-electron chi connectivity index (χ1n) is 12.0. The standard InChI is InChI=1S/C24H34N6O3/c1-28(2)21(31)19-11-17-15-25-23(26-18-5-8-29(9-6-18)7-4-10-33-3)27-20(17)30(22(19)32)24-12-16(13-24)14-24/h11,15-16,18H,4-10,12-14H2,1-3H3,(H,25,26,27). The second-order valence-corrected chi connectivity index (χ2v) is 10.2. The van der Waals surface area contributed by atoms with Crippen LogP contribution in [0, 0.1) is 5.92 Å². The Hall–Kier alpha value is -2.52. The Kier molecular flexibility index (Phi) is 5.86. The maximum atomic E-state index is 13.5. The lowest BCUT2D eigenvalue weighted by Crippen LogP contribution is -2.62. The molecule has 3 saturated carbocycles. The Morgan fingerprint density at radius 1 is 1.27 bits per heavy atom. The van der Waals surface area contributed by atoms with E-state index in [0.717, 1.165) is 70.2 Å². The molecule has 2 aromatic heterocycles. The van der Waals surface area contributed by atoms with Crippen molar-refractivity contribution in [3.63, 3.8) is 0 Å². The van der Waals surface area contributed by atoms with Crippen LogP contribution in [0.15, 0.2) is 17.1 Å². The molecule has 0 radical (unpaired) electrons. The molecule has 3 aliphatic carbocycles. The van der Waals surface area contributed by atoms with E-state index in [-0.39, 0.29) is 22.6 Å². The number of nitrogens with zero attached hydrogens (tertiary/aromatic N) is 5. The average Bonchev–Trinajstić information content (AvgIpc) is 2.74. The number of hydrogen-bond acceptors (Lipinski definition) is 7. The van der Waals surface area contributed by atoms with Crippen LogP contribution in [0.4, 0.5) is 5.95 Å². The Morgan fingerprint density at radius 2 is 2.00 bits per heavy atom. The molecule has 2 bridgehead atoms. The van der Waals surface area contributed by atoms with E-state index in [2.05, 4.69) is 15.2 Å². The van der Waals surface area contributed by atoms with Gasteiger partial charge in [-0.1, -0.05) is 0 Å². The summed E-state index contributed by atoms with van der Waals surface area (Å²) in [7, 11) is 5.08. The van der Waals surface area contributed by atoms with E-state index < -0.39 is 0 Å². The number of anilines is 1. The minimum absolute atomic E-state index is 0.179. The minimum atomic E-state index is -0.276. The molecule has 1 N–H and O–H groups in total. The van der Waals surface area contributed by atoms with Crippen LogP contribution < -0.4 is 10.9 Å². The van der Waals surface area contributed by atoms with Crippen LogP contribution in [0.5, 0.6) is 0 Å². The Labute approximate surface area is 194 Å².